The van der Waals surface area contributed by atoms with Gasteiger partial charge in [0.25, 0.3) is 0 Å². The van der Waals surface area contributed by atoms with Gasteiger partial charge in [-0.25, -0.2) is 0 Å². The van der Waals surface area contributed by atoms with E-state index in [9.17, 15) is 0 Å². The van der Waals surface area contributed by atoms with Crippen molar-refractivity contribution in [1.82, 2.24) is 20.4 Å². The Morgan fingerprint density at radius 3 is 3.04 bits per heavy atom. The van der Waals surface area contributed by atoms with Crippen molar-refractivity contribution in [3.8, 4) is 0 Å². The molecule has 0 amide bonds. The van der Waals surface area contributed by atoms with Gasteiger partial charge in [0.15, 0.2) is 5.82 Å². The van der Waals surface area contributed by atoms with Crippen molar-refractivity contribution in [2.45, 2.75) is 25.9 Å². The summed E-state index contributed by atoms with van der Waals surface area (Å²) in [4.78, 5) is 2.30. The predicted molar refractivity (Wildman–Crippen MR) is 88.9 cm³/mol. The van der Waals surface area contributed by atoms with Crippen LogP contribution >= 0.6 is 11.3 Å². The van der Waals surface area contributed by atoms with E-state index in [1.807, 2.05) is 0 Å². The largest absolute Gasteiger partial charge is 0.377 e. The molecule has 1 fully saturated rings. The molecule has 8 heteroatoms. The molecule has 0 bridgehead atoms. The second-order valence-electron chi connectivity index (χ2n) is 6.11. The lowest BCUT2D eigenvalue weighted by atomic mass is 10.00. The predicted octanol–water partition coefficient (Wildman–Crippen LogP) is 1.51. The Morgan fingerprint density at radius 1 is 1.26 bits per heavy atom. The number of fused-ring (bicyclic) bond motifs is 1. The number of nitrogens with zero attached hydrogens (tertiary/aromatic N) is 5. The first-order valence-corrected chi connectivity index (χ1v) is 8.79. The van der Waals surface area contributed by atoms with Crippen LogP contribution < -0.4 is 10.2 Å². The maximum Gasteiger partial charge on any atom is 0.205 e. The molecule has 1 aliphatic carbocycles. The molecule has 0 radical (unpaired) electrons. The molecule has 0 saturated carbocycles. The first-order valence-electron chi connectivity index (χ1n) is 7.97. The van der Waals surface area contributed by atoms with Gasteiger partial charge >= 0.3 is 0 Å². The minimum atomic E-state index is 0.521. The number of anilines is 2. The highest BCUT2D eigenvalue weighted by molar-refractivity contribution is 7.15. The highest BCUT2D eigenvalue weighted by atomic mass is 32.1. The molecule has 2 aromatic rings. The van der Waals surface area contributed by atoms with Gasteiger partial charge in [-0.1, -0.05) is 11.3 Å². The summed E-state index contributed by atoms with van der Waals surface area (Å²) >= 11 is 1.55. The van der Waals surface area contributed by atoms with Gasteiger partial charge in [0, 0.05) is 32.7 Å². The number of rotatable bonds is 6. The third-order valence-electron chi connectivity index (χ3n) is 4.36. The number of hydrogen-bond donors (Lipinski definition) is 1. The Hall–Kier alpha value is -1.80. The van der Waals surface area contributed by atoms with Crippen molar-refractivity contribution in [3.05, 3.63) is 22.3 Å². The normalized spacial score (nSPS) is 17.2. The topological polar surface area (TPSA) is 76.1 Å². The van der Waals surface area contributed by atoms with Gasteiger partial charge in [0.1, 0.15) is 11.6 Å². The first kappa shape index (κ1) is 14.8. The van der Waals surface area contributed by atoms with Crippen LogP contribution in [0.3, 0.4) is 0 Å². The fourth-order valence-electron chi connectivity index (χ4n) is 3.10. The van der Waals surface area contributed by atoms with Gasteiger partial charge in [-0.2, -0.15) is 5.10 Å². The number of nitrogens with one attached hydrogen (secondary N) is 1. The zero-order chi connectivity index (χ0) is 15.6. The van der Waals surface area contributed by atoms with E-state index in [4.69, 9.17) is 4.74 Å². The number of hydrogen-bond acceptors (Lipinski definition) is 8. The zero-order valence-electron chi connectivity index (χ0n) is 13.2. The molecule has 0 spiro atoms. The molecule has 1 N–H and O–H groups in total. The molecule has 2 aromatic heterocycles. The summed E-state index contributed by atoms with van der Waals surface area (Å²) in [5, 5.41) is 22.1. The smallest absolute Gasteiger partial charge is 0.205 e. The Kier molecular flexibility index (Phi) is 4.09. The molecule has 0 aromatic carbocycles. The molecule has 4 rings (SSSR count). The average molecular weight is 332 g/mol. The van der Waals surface area contributed by atoms with E-state index in [0.717, 1.165) is 48.4 Å². The monoisotopic (exact) mass is 332 g/mol. The number of aromatic nitrogens is 4. The summed E-state index contributed by atoms with van der Waals surface area (Å²) in [5.41, 5.74) is 2.58. The molecule has 1 aliphatic heterocycles. The maximum atomic E-state index is 5.05. The molecule has 2 aliphatic rings. The Balaban J connectivity index is 1.26. The van der Waals surface area contributed by atoms with E-state index in [1.165, 1.54) is 17.7 Å². The van der Waals surface area contributed by atoms with Gasteiger partial charge in [-0.05, 0) is 30.9 Å². The molecule has 122 valence electrons. The fourth-order valence-corrected chi connectivity index (χ4v) is 3.81. The third-order valence-corrected chi connectivity index (χ3v) is 5.22. The summed E-state index contributed by atoms with van der Waals surface area (Å²) in [5.74, 6) is 1.64. The van der Waals surface area contributed by atoms with Gasteiger partial charge in [0.05, 0.1) is 5.69 Å². The van der Waals surface area contributed by atoms with Crippen LogP contribution in [0.2, 0.25) is 0 Å². The second kappa shape index (κ2) is 6.37. The molecule has 0 unspecified atom stereocenters. The number of ether oxygens (including phenoxy) is 1. The molecule has 23 heavy (non-hydrogen) atoms. The minimum absolute atomic E-state index is 0.521. The highest BCUT2D eigenvalue weighted by Crippen LogP contribution is 2.27. The van der Waals surface area contributed by atoms with Crippen LogP contribution in [0.1, 0.15) is 22.7 Å². The van der Waals surface area contributed by atoms with Crippen molar-refractivity contribution in [1.29, 1.82) is 0 Å². The third kappa shape index (κ3) is 3.13. The van der Waals surface area contributed by atoms with Crippen molar-refractivity contribution in [2.24, 2.45) is 5.92 Å². The van der Waals surface area contributed by atoms with Crippen molar-refractivity contribution in [2.75, 3.05) is 37.0 Å². The van der Waals surface area contributed by atoms with E-state index in [1.54, 1.807) is 18.4 Å². The lowest BCUT2D eigenvalue weighted by molar-refractivity contribution is 0.184. The number of methoxy groups -OCH3 is 1. The van der Waals surface area contributed by atoms with Crippen molar-refractivity contribution in [3.63, 3.8) is 0 Å². The quantitative estimate of drug-likeness (QED) is 0.859. The van der Waals surface area contributed by atoms with E-state index >= 15 is 0 Å². The summed E-state index contributed by atoms with van der Waals surface area (Å²) in [6.45, 7) is 3.47. The Morgan fingerprint density at radius 2 is 2.17 bits per heavy atom. The average Bonchev–Trinajstić information content (AvgIpc) is 3.14. The zero-order valence-corrected chi connectivity index (χ0v) is 14.0. The van der Waals surface area contributed by atoms with E-state index in [2.05, 4.69) is 36.7 Å². The molecular formula is C15H20N6OS. The molecule has 1 saturated heterocycles. The molecule has 0 atom stereocenters. The maximum absolute atomic E-state index is 5.05. The van der Waals surface area contributed by atoms with Gasteiger partial charge < -0.3 is 15.0 Å². The van der Waals surface area contributed by atoms with Crippen LogP contribution in [-0.2, 0) is 24.2 Å². The standard InChI is InChI=1S/C15H20N6OS/c1-22-9-14-19-20-15(23-14)16-6-10-7-21(8-10)13-5-11-3-2-4-12(11)17-18-13/h5,10H,2-4,6-9H2,1H3,(H,16,20). The molecular weight excluding hydrogens is 312 g/mol. The van der Waals surface area contributed by atoms with Gasteiger partial charge in [-0.3, -0.25) is 0 Å². The Bertz CT molecular complexity index is 684. The van der Waals surface area contributed by atoms with E-state index < -0.39 is 0 Å². The summed E-state index contributed by atoms with van der Waals surface area (Å²) < 4.78 is 5.05. The van der Waals surface area contributed by atoms with E-state index in [0.29, 0.717) is 12.5 Å². The minimum Gasteiger partial charge on any atom is -0.377 e. The van der Waals surface area contributed by atoms with Crippen molar-refractivity contribution < 1.29 is 4.74 Å². The van der Waals surface area contributed by atoms with Crippen LogP contribution in [0, 0.1) is 5.92 Å². The van der Waals surface area contributed by atoms with Crippen molar-refractivity contribution >= 4 is 22.3 Å². The lowest BCUT2D eigenvalue weighted by Gasteiger charge is -2.40. The molecule has 3 heterocycles. The summed E-state index contributed by atoms with van der Waals surface area (Å²) in [6, 6.07) is 2.22. The van der Waals surface area contributed by atoms with Crippen LogP contribution in [0.15, 0.2) is 6.07 Å². The Labute approximate surface area is 139 Å². The van der Waals surface area contributed by atoms with Crippen LogP contribution in [0.4, 0.5) is 10.9 Å². The highest BCUT2D eigenvalue weighted by Gasteiger charge is 2.29. The first-order chi connectivity index (χ1) is 11.3. The molecule has 7 nitrogen and oxygen atoms in total. The van der Waals surface area contributed by atoms with E-state index in [-0.39, 0.29) is 0 Å². The lowest BCUT2D eigenvalue weighted by Crippen LogP contribution is -2.50. The SMILES string of the molecule is COCc1nnc(NCC2CN(c3cc4c(nn3)CCC4)C2)s1. The van der Waals surface area contributed by atoms with Crippen LogP contribution in [0.25, 0.3) is 0 Å². The second-order valence-corrected chi connectivity index (χ2v) is 7.18. The number of aryl methyl sites for hydroxylation is 2. The summed E-state index contributed by atoms with van der Waals surface area (Å²) in [6.07, 6.45) is 3.45. The van der Waals surface area contributed by atoms with Crippen LogP contribution in [-0.4, -0.2) is 47.1 Å². The summed E-state index contributed by atoms with van der Waals surface area (Å²) in [7, 11) is 1.67. The van der Waals surface area contributed by atoms with Gasteiger partial charge in [0.2, 0.25) is 5.13 Å². The van der Waals surface area contributed by atoms with Gasteiger partial charge in [-0.15, -0.1) is 15.3 Å². The fraction of sp³-hybridized carbons (Fsp3) is 0.600. The van der Waals surface area contributed by atoms with Crippen LogP contribution in [0.5, 0.6) is 0 Å².